The van der Waals surface area contributed by atoms with E-state index in [2.05, 4.69) is 42.3 Å². The average Bonchev–Trinajstić information content (AvgIpc) is 3.69. The van der Waals surface area contributed by atoms with Crippen molar-refractivity contribution < 1.29 is 38.5 Å². The van der Waals surface area contributed by atoms with Gasteiger partial charge in [0, 0.05) is 50.2 Å². The molecule has 14 heteroatoms. The fraction of sp³-hybridized carbons (Fsp3) is 0.488. The number of ether oxygens (including phenoxy) is 3. The highest BCUT2D eigenvalue weighted by atomic mass is 16.5. The van der Waals surface area contributed by atoms with Crippen molar-refractivity contribution in [3.63, 3.8) is 0 Å². The number of benzene rings is 3. The summed E-state index contributed by atoms with van der Waals surface area (Å²) in [5, 5.41) is 15.6. The Morgan fingerprint density at radius 2 is 1.44 bits per heavy atom. The molecule has 304 valence electrons. The molecule has 0 radical (unpaired) electrons. The minimum Gasteiger partial charge on any atom is -0.493 e. The van der Waals surface area contributed by atoms with E-state index in [9.17, 15) is 24.3 Å². The quantitative estimate of drug-likeness (QED) is 0.291. The number of carbonyl (C=O) groups excluding carboxylic acids is 3. The summed E-state index contributed by atoms with van der Waals surface area (Å²) in [6.07, 6.45) is 1.41. The number of aliphatic carboxylic acids is 1. The van der Waals surface area contributed by atoms with E-state index >= 15 is 0 Å². The van der Waals surface area contributed by atoms with E-state index in [1.165, 1.54) is 43.0 Å². The molecule has 5 aliphatic heterocycles. The van der Waals surface area contributed by atoms with Gasteiger partial charge in [-0.3, -0.25) is 19.8 Å². The molecule has 57 heavy (non-hydrogen) atoms. The Morgan fingerprint density at radius 3 is 2.04 bits per heavy atom. The van der Waals surface area contributed by atoms with Gasteiger partial charge in [0.25, 0.3) is 5.91 Å². The minimum absolute atomic E-state index is 0.104. The van der Waals surface area contributed by atoms with Crippen molar-refractivity contribution in [1.29, 1.82) is 0 Å². The van der Waals surface area contributed by atoms with Gasteiger partial charge in [-0.15, -0.1) is 0 Å². The molecular weight excluding hydrogens is 729 g/mol. The van der Waals surface area contributed by atoms with Crippen molar-refractivity contribution in [2.45, 2.75) is 56.5 Å². The summed E-state index contributed by atoms with van der Waals surface area (Å²) in [5.41, 5.74) is 3.64. The minimum atomic E-state index is -1.15. The summed E-state index contributed by atoms with van der Waals surface area (Å²) in [6, 6.07) is 18.9. The van der Waals surface area contributed by atoms with Crippen molar-refractivity contribution in [3.05, 3.63) is 88.5 Å². The van der Waals surface area contributed by atoms with Crippen LogP contribution < -0.4 is 19.5 Å². The maximum Gasteiger partial charge on any atom is 0.343 e. The zero-order valence-corrected chi connectivity index (χ0v) is 33.6. The third-order valence-electron chi connectivity index (χ3n) is 12.9. The van der Waals surface area contributed by atoms with Crippen molar-refractivity contribution >= 4 is 23.8 Å². The number of imide groups is 1. The molecular formula is C43H54N6O8. The first-order chi connectivity index (χ1) is 27.4. The zero-order chi connectivity index (χ0) is 40.5. The number of piperidine rings is 1. The Bertz CT molecular complexity index is 1970. The monoisotopic (exact) mass is 782 g/mol. The van der Waals surface area contributed by atoms with E-state index in [0.717, 1.165) is 24.9 Å². The fourth-order valence-corrected chi connectivity index (χ4v) is 9.28. The maximum atomic E-state index is 14.3. The molecule has 3 aromatic rings. The van der Waals surface area contributed by atoms with Crippen LogP contribution in [0.5, 0.6) is 17.2 Å². The van der Waals surface area contributed by atoms with Gasteiger partial charge >= 0.3 is 12.0 Å². The van der Waals surface area contributed by atoms with Gasteiger partial charge in [0.15, 0.2) is 11.5 Å². The average molecular weight is 783 g/mol. The van der Waals surface area contributed by atoms with Crippen LogP contribution in [0.2, 0.25) is 0 Å². The number of amides is 4. The first-order valence-electron chi connectivity index (χ1n) is 19.7. The number of piperazine rings is 1. The van der Waals surface area contributed by atoms with Gasteiger partial charge in [-0.05, 0) is 93.6 Å². The van der Waals surface area contributed by atoms with Crippen LogP contribution in [0, 0.1) is 13.8 Å². The van der Waals surface area contributed by atoms with E-state index in [-0.39, 0.29) is 11.3 Å². The fourth-order valence-electron chi connectivity index (χ4n) is 9.28. The molecule has 2 N–H and O–H groups in total. The second-order valence-electron chi connectivity index (χ2n) is 15.8. The summed E-state index contributed by atoms with van der Waals surface area (Å²) < 4.78 is 16.6. The first kappa shape index (κ1) is 40.0. The van der Waals surface area contributed by atoms with Crippen molar-refractivity contribution in [2.24, 2.45) is 0 Å². The molecule has 5 heterocycles. The summed E-state index contributed by atoms with van der Waals surface area (Å²) in [7, 11) is 4.61. The Hall–Kier alpha value is -5.18. The Labute approximate surface area is 334 Å². The lowest BCUT2D eigenvalue weighted by Crippen LogP contribution is -2.74. The topological polar surface area (TPSA) is 144 Å². The van der Waals surface area contributed by atoms with Crippen LogP contribution >= 0.6 is 0 Å². The highest BCUT2D eigenvalue weighted by Gasteiger charge is 2.49. The molecule has 0 aliphatic carbocycles. The molecule has 5 fully saturated rings. The third kappa shape index (κ3) is 7.53. The van der Waals surface area contributed by atoms with Crippen LogP contribution in [-0.4, -0.2) is 140 Å². The van der Waals surface area contributed by atoms with Crippen LogP contribution in [0.4, 0.5) is 4.79 Å². The SMILES string of the molecule is COc1cc(C(=O)N2CCC(CCN3CCC(C(=O)NC(=O)N4C(C(=O)O)N5CCN4CC5)(c4ccccc4)CC3)(c3ccc(C)c(C)c3)C2)cc(OC)c1OC. The number of hydrazine groups is 1. The molecule has 0 aromatic heterocycles. The first-order valence-corrected chi connectivity index (χ1v) is 19.7. The van der Waals surface area contributed by atoms with E-state index in [0.29, 0.717) is 88.0 Å². The largest absolute Gasteiger partial charge is 0.493 e. The van der Waals surface area contributed by atoms with E-state index in [1.54, 1.807) is 22.0 Å². The summed E-state index contributed by atoms with van der Waals surface area (Å²) >= 11 is 0. The second-order valence-corrected chi connectivity index (χ2v) is 15.8. The molecule has 2 unspecified atom stereocenters. The number of nitrogens with zero attached hydrogens (tertiary/aromatic N) is 5. The lowest BCUT2D eigenvalue weighted by atomic mass is 9.71. The number of methoxy groups -OCH3 is 3. The predicted octanol–water partition coefficient (Wildman–Crippen LogP) is 4.03. The molecule has 5 aliphatic rings. The lowest BCUT2D eigenvalue weighted by Gasteiger charge is -2.52. The van der Waals surface area contributed by atoms with Gasteiger partial charge in [-0.2, -0.15) is 0 Å². The number of rotatable bonds is 11. The highest BCUT2D eigenvalue weighted by molar-refractivity contribution is 6.01. The zero-order valence-electron chi connectivity index (χ0n) is 33.6. The van der Waals surface area contributed by atoms with Crippen LogP contribution in [0.15, 0.2) is 60.7 Å². The summed E-state index contributed by atoms with van der Waals surface area (Å²) in [5.74, 6) is -0.360. The number of carboxylic acids is 1. The van der Waals surface area contributed by atoms with Gasteiger partial charge in [-0.1, -0.05) is 48.5 Å². The Balaban J connectivity index is 1.08. The summed E-state index contributed by atoms with van der Waals surface area (Å²) in [6.45, 7) is 9.48. The van der Waals surface area contributed by atoms with Crippen LogP contribution in [0.3, 0.4) is 0 Å². The summed E-state index contributed by atoms with van der Waals surface area (Å²) in [4.78, 5) is 60.5. The van der Waals surface area contributed by atoms with Crippen LogP contribution in [-0.2, 0) is 20.4 Å². The number of fused-ring (bicyclic) bond motifs is 3. The molecule has 2 atom stereocenters. The van der Waals surface area contributed by atoms with E-state index in [4.69, 9.17) is 14.2 Å². The number of aryl methyl sites for hydroxylation is 2. The van der Waals surface area contributed by atoms with Crippen molar-refractivity contribution in [3.8, 4) is 17.2 Å². The third-order valence-corrected chi connectivity index (χ3v) is 12.9. The molecule has 5 saturated heterocycles. The van der Waals surface area contributed by atoms with Crippen LogP contribution in [0.25, 0.3) is 0 Å². The predicted molar refractivity (Wildman–Crippen MR) is 213 cm³/mol. The number of likely N-dealkylation sites (tertiary alicyclic amines) is 2. The number of hydrogen-bond donors (Lipinski definition) is 2. The van der Waals surface area contributed by atoms with Gasteiger partial charge in [0.1, 0.15) is 0 Å². The van der Waals surface area contributed by atoms with E-state index < -0.39 is 29.5 Å². The van der Waals surface area contributed by atoms with Crippen molar-refractivity contribution in [1.82, 2.24) is 30.0 Å². The Kier molecular flexibility index (Phi) is 11.5. The second kappa shape index (κ2) is 16.4. The van der Waals surface area contributed by atoms with E-state index in [1.807, 2.05) is 35.2 Å². The lowest BCUT2D eigenvalue weighted by molar-refractivity contribution is -0.190. The molecule has 0 spiro atoms. The van der Waals surface area contributed by atoms with Crippen LogP contribution in [0.1, 0.15) is 58.3 Å². The molecule has 14 nitrogen and oxygen atoms in total. The number of urea groups is 1. The van der Waals surface area contributed by atoms with Gasteiger partial charge in [-0.25, -0.2) is 19.6 Å². The molecule has 0 saturated carbocycles. The standard InChI is InChI=1S/C43H54N6O8/c1-29-11-12-33(25-30(29)2)42(14-20-47(28-42)38(50)31-26-34(55-3)36(57-5)35(27-31)56-4)13-17-45-18-15-43(16-19-45,32-9-7-6-8-10-32)40(53)44-41(54)49-37(39(51)52)46-21-23-48(49)24-22-46/h6-12,25-27,37H,13-24,28H2,1-5H3,(H,51,52)(H,44,53,54). The normalized spacial score (nSPS) is 24.2. The maximum absolute atomic E-state index is 14.3. The number of hydrogen-bond acceptors (Lipinski definition) is 10. The number of nitrogens with one attached hydrogen (secondary N) is 1. The highest BCUT2D eigenvalue weighted by Crippen LogP contribution is 2.43. The number of carboxylic acid groups (broad SMARTS) is 1. The number of carbonyl (C=O) groups is 4. The van der Waals surface area contributed by atoms with Gasteiger partial charge < -0.3 is 29.1 Å². The van der Waals surface area contributed by atoms with Crippen molar-refractivity contribution in [2.75, 3.05) is 80.2 Å². The molecule has 8 rings (SSSR count). The molecule has 3 aromatic carbocycles. The molecule has 2 bridgehead atoms. The smallest absolute Gasteiger partial charge is 0.343 e. The molecule has 4 amide bonds. The van der Waals surface area contributed by atoms with Gasteiger partial charge in [0.2, 0.25) is 17.8 Å². The Morgan fingerprint density at radius 1 is 0.772 bits per heavy atom. The van der Waals surface area contributed by atoms with Gasteiger partial charge in [0.05, 0.1) is 26.7 Å².